The topological polar surface area (TPSA) is 84.0 Å². The fourth-order valence-electron chi connectivity index (χ4n) is 3.14. The fourth-order valence-corrected chi connectivity index (χ4v) is 3.14. The zero-order chi connectivity index (χ0) is 20.8. The number of rotatable bonds is 6. The molecule has 0 bridgehead atoms. The standard InChI is InChI=1S/C24H20N4O2/c29-23(21-13-12-18-8-4-5-11-20(18)27-21)28-22(19-9-2-1-3-10-19)24(30)26-16-17-7-6-14-25-15-17/h1-15,22H,16H2,(H,26,30)(H,28,29). The minimum atomic E-state index is -0.844. The predicted octanol–water partition coefficient (Wildman–Crippen LogP) is 3.42. The van der Waals surface area contributed by atoms with Gasteiger partial charge in [0.1, 0.15) is 11.7 Å². The van der Waals surface area contributed by atoms with Crippen molar-refractivity contribution in [3.63, 3.8) is 0 Å². The van der Waals surface area contributed by atoms with Crippen LogP contribution in [0.5, 0.6) is 0 Å². The molecule has 2 amide bonds. The van der Waals surface area contributed by atoms with Crippen LogP contribution in [0.25, 0.3) is 10.9 Å². The highest BCUT2D eigenvalue weighted by Gasteiger charge is 2.23. The lowest BCUT2D eigenvalue weighted by Gasteiger charge is -2.19. The minimum Gasteiger partial charge on any atom is -0.350 e. The van der Waals surface area contributed by atoms with E-state index in [9.17, 15) is 9.59 Å². The van der Waals surface area contributed by atoms with Gasteiger partial charge in [-0.2, -0.15) is 0 Å². The molecule has 0 aliphatic carbocycles. The molecule has 4 rings (SSSR count). The third-order valence-corrected chi connectivity index (χ3v) is 4.69. The molecule has 0 spiro atoms. The molecule has 2 heterocycles. The van der Waals surface area contributed by atoms with Crippen LogP contribution < -0.4 is 10.6 Å². The Hall–Kier alpha value is -4.06. The van der Waals surface area contributed by atoms with Gasteiger partial charge in [0.05, 0.1) is 5.52 Å². The maximum absolute atomic E-state index is 12.9. The number of carbonyl (C=O) groups is 2. The highest BCUT2D eigenvalue weighted by molar-refractivity contribution is 5.98. The lowest BCUT2D eigenvalue weighted by molar-refractivity contribution is -0.123. The van der Waals surface area contributed by atoms with Crippen LogP contribution in [-0.4, -0.2) is 21.8 Å². The Morgan fingerprint density at radius 3 is 2.47 bits per heavy atom. The van der Waals surface area contributed by atoms with Gasteiger partial charge in [-0.05, 0) is 29.3 Å². The second-order valence-electron chi connectivity index (χ2n) is 6.79. The monoisotopic (exact) mass is 396 g/mol. The van der Waals surface area contributed by atoms with Gasteiger partial charge in [-0.15, -0.1) is 0 Å². The van der Waals surface area contributed by atoms with Crippen molar-refractivity contribution in [2.45, 2.75) is 12.6 Å². The molecule has 148 valence electrons. The number of nitrogens with zero attached hydrogens (tertiary/aromatic N) is 2. The molecule has 0 saturated carbocycles. The number of para-hydroxylation sites is 1. The molecule has 0 aliphatic heterocycles. The normalized spacial score (nSPS) is 11.6. The summed E-state index contributed by atoms with van der Waals surface area (Å²) < 4.78 is 0. The van der Waals surface area contributed by atoms with Gasteiger partial charge in [-0.25, -0.2) is 4.98 Å². The summed E-state index contributed by atoms with van der Waals surface area (Å²) in [6.45, 7) is 0.320. The zero-order valence-electron chi connectivity index (χ0n) is 16.2. The largest absolute Gasteiger partial charge is 0.350 e. The molecular weight excluding hydrogens is 376 g/mol. The quantitative estimate of drug-likeness (QED) is 0.523. The molecule has 2 N–H and O–H groups in total. The summed E-state index contributed by atoms with van der Waals surface area (Å²) in [7, 11) is 0. The molecule has 2 aromatic heterocycles. The lowest BCUT2D eigenvalue weighted by atomic mass is 10.1. The number of nitrogens with one attached hydrogen (secondary N) is 2. The molecule has 1 atom stereocenters. The second-order valence-corrected chi connectivity index (χ2v) is 6.79. The number of hydrogen-bond acceptors (Lipinski definition) is 4. The summed E-state index contributed by atoms with van der Waals surface area (Å²) in [5.41, 5.74) is 2.55. The highest BCUT2D eigenvalue weighted by Crippen LogP contribution is 2.16. The van der Waals surface area contributed by atoms with Gasteiger partial charge < -0.3 is 10.6 Å². The molecule has 2 aromatic carbocycles. The van der Waals surface area contributed by atoms with Crippen LogP contribution in [0.15, 0.2) is 91.3 Å². The van der Waals surface area contributed by atoms with Crippen molar-refractivity contribution in [1.29, 1.82) is 0 Å². The van der Waals surface area contributed by atoms with Gasteiger partial charge in [0, 0.05) is 24.3 Å². The zero-order valence-corrected chi connectivity index (χ0v) is 16.2. The van der Waals surface area contributed by atoms with Crippen LogP contribution in [0.1, 0.15) is 27.7 Å². The third-order valence-electron chi connectivity index (χ3n) is 4.69. The van der Waals surface area contributed by atoms with Crippen LogP contribution in [0.4, 0.5) is 0 Å². The van der Waals surface area contributed by atoms with Crippen LogP contribution >= 0.6 is 0 Å². The third kappa shape index (κ3) is 4.50. The Labute approximate surface area is 174 Å². The predicted molar refractivity (Wildman–Crippen MR) is 114 cm³/mol. The Balaban J connectivity index is 1.54. The number of pyridine rings is 2. The molecule has 6 nitrogen and oxygen atoms in total. The van der Waals surface area contributed by atoms with Gasteiger partial charge in [0.2, 0.25) is 5.91 Å². The lowest BCUT2D eigenvalue weighted by Crippen LogP contribution is -2.40. The summed E-state index contributed by atoms with van der Waals surface area (Å²) in [4.78, 5) is 34.3. The summed E-state index contributed by atoms with van der Waals surface area (Å²) >= 11 is 0. The van der Waals surface area contributed by atoms with E-state index in [4.69, 9.17) is 0 Å². The Morgan fingerprint density at radius 1 is 0.867 bits per heavy atom. The number of amides is 2. The first-order valence-corrected chi connectivity index (χ1v) is 9.59. The van der Waals surface area contributed by atoms with E-state index in [1.807, 2.05) is 72.8 Å². The maximum Gasteiger partial charge on any atom is 0.270 e. The van der Waals surface area contributed by atoms with Crippen LogP contribution in [0.3, 0.4) is 0 Å². The van der Waals surface area contributed by atoms with Crippen molar-refractivity contribution in [3.05, 3.63) is 108 Å². The van der Waals surface area contributed by atoms with E-state index in [0.717, 1.165) is 16.5 Å². The molecule has 0 fully saturated rings. The SMILES string of the molecule is O=C(NC(C(=O)NCc1cccnc1)c1ccccc1)c1ccc2ccccc2n1. The first-order valence-electron chi connectivity index (χ1n) is 9.59. The number of benzene rings is 2. The Morgan fingerprint density at radius 2 is 1.67 bits per heavy atom. The Bertz CT molecular complexity index is 1160. The minimum absolute atomic E-state index is 0.259. The average molecular weight is 396 g/mol. The van der Waals surface area contributed by atoms with Crippen LogP contribution in [0, 0.1) is 0 Å². The van der Waals surface area contributed by atoms with Crippen molar-refractivity contribution in [2.24, 2.45) is 0 Å². The van der Waals surface area contributed by atoms with E-state index in [1.54, 1.807) is 18.5 Å². The molecule has 4 aromatic rings. The van der Waals surface area contributed by atoms with Gasteiger partial charge in [-0.1, -0.05) is 60.7 Å². The number of aromatic nitrogens is 2. The van der Waals surface area contributed by atoms with E-state index >= 15 is 0 Å². The summed E-state index contributed by atoms with van der Waals surface area (Å²) in [6.07, 6.45) is 3.37. The highest BCUT2D eigenvalue weighted by atomic mass is 16.2. The summed E-state index contributed by atoms with van der Waals surface area (Å²) in [6, 6.07) is 23.1. The second kappa shape index (κ2) is 8.96. The maximum atomic E-state index is 12.9. The fraction of sp³-hybridized carbons (Fsp3) is 0.0833. The van der Waals surface area contributed by atoms with Crippen LogP contribution in [-0.2, 0) is 11.3 Å². The Kier molecular flexibility index (Phi) is 5.75. The van der Waals surface area contributed by atoms with Gasteiger partial charge in [0.15, 0.2) is 0 Å². The van der Waals surface area contributed by atoms with E-state index < -0.39 is 11.9 Å². The first kappa shape index (κ1) is 19.3. The molecule has 0 aliphatic rings. The van der Waals surface area contributed by atoms with E-state index in [0.29, 0.717) is 12.1 Å². The van der Waals surface area contributed by atoms with Crippen molar-refractivity contribution in [3.8, 4) is 0 Å². The van der Waals surface area contributed by atoms with E-state index in [-0.39, 0.29) is 11.6 Å². The van der Waals surface area contributed by atoms with Crippen molar-refractivity contribution in [1.82, 2.24) is 20.6 Å². The van der Waals surface area contributed by atoms with Crippen molar-refractivity contribution < 1.29 is 9.59 Å². The number of fused-ring (bicyclic) bond motifs is 1. The van der Waals surface area contributed by atoms with E-state index in [1.165, 1.54) is 0 Å². The smallest absolute Gasteiger partial charge is 0.270 e. The molecule has 30 heavy (non-hydrogen) atoms. The van der Waals surface area contributed by atoms with Crippen LogP contribution in [0.2, 0.25) is 0 Å². The number of carbonyl (C=O) groups excluding carboxylic acids is 2. The van der Waals surface area contributed by atoms with Crippen molar-refractivity contribution >= 4 is 22.7 Å². The molecular formula is C24H20N4O2. The first-order chi connectivity index (χ1) is 14.7. The van der Waals surface area contributed by atoms with E-state index in [2.05, 4.69) is 20.6 Å². The van der Waals surface area contributed by atoms with Crippen molar-refractivity contribution in [2.75, 3.05) is 0 Å². The number of hydrogen-bond donors (Lipinski definition) is 2. The van der Waals surface area contributed by atoms with Gasteiger partial charge in [0.25, 0.3) is 5.91 Å². The summed E-state index contributed by atoms with van der Waals surface area (Å²) in [5, 5.41) is 6.64. The molecule has 0 radical (unpaired) electrons. The van der Waals surface area contributed by atoms with Gasteiger partial charge in [-0.3, -0.25) is 14.6 Å². The molecule has 0 saturated heterocycles. The summed E-state index contributed by atoms with van der Waals surface area (Å²) in [5.74, 6) is -0.717. The molecule has 1 unspecified atom stereocenters. The van der Waals surface area contributed by atoms with Gasteiger partial charge >= 0.3 is 0 Å². The molecule has 6 heteroatoms. The average Bonchev–Trinajstić information content (AvgIpc) is 2.81.